The Morgan fingerprint density at radius 2 is 1.78 bits per heavy atom. The van der Waals surface area contributed by atoms with E-state index in [1.54, 1.807) is 24.3 Å². The van der Waals surface area contributed by atoms with Crippen molar-refractivity contribution < 1.29 is 13.2 Å². The van der Waals surface area contributed by atoms with E-state index in [-0.39, 0.29) is 4.90 Å². The summed E-state index contributed by atoms with van der Waals surface area (Å²) in [7, 11) is -2.10. The predicted octanol–water partition coefficient (Wildman–Crippen LogP) is 1.74. The van der Waals surface area contributed by atoms with Gasteiger partial charge >= 0.3 is 0 Å². The molecule has 0 radical (unpaired) electrons. The fourth-order valence-corrected chi connectivity index (χ4v) is 3.65. The normalized spacial score (nSPS) is 18.4. The summed E-state index contributed by atoms with van der Waals surface area (Å²) in [4.78, 5) is 11.4. The molecule has 1 saturated carbocycles. The summed E-state index contributed by atoms with van der Waals surface area (Å²) in [6.45, 7) is 1.90. The number of carbonyl (C=O) groups excluding carboxylic acids is 1. The van der Waals surface area contributed by atoms with E-state index in [4.69, 9.17) is 0 Å². The smallest absolute Gasteiger partial charge is 0.243 e. The Morgan fingerprint density at radius 3 is 2.17 bits per heavy atom. The first-order valence-corrected chi connectivity index (χ1v) is 7.38. The SMILES string of the molecule is Cc1ccc(S(=O)(=O)N(C)C2(C=O)CCC2)cc1. The summed E-state index contributed by atoms with van der Waals surface area (Å²) < 4.78 is 26.0. The molecule has 18 heavy (non-hydrogen) atoms. The van der Waals surface area contributed by atoms with Crippen LogP contribution in [0.25, 0.3) is 0 Å². The molecule has 1 fully saturated rings. The van der Waals surface area contributed by atoms with Crippen LogP contribution in [0.1, 0.15) is 24.8 Å². The number of nitrogens with zero attached hydrogens (tertiary/aromatic N) is 1. The van der Waals surface area contributed by atoms with E-state index in [0.29, 0.717) is 12.8 Å². The van der Waals surface area contributed by atoms with Gasteiger partial charge in [0.2, 0.25) is 10.0 Å². The fraction of sp³-hybridized carbons (Fsp3) is 0.462. The second-order valence-electron chi connectivity index (χ2n) is 4.86. The third-order valence-electron chi connectivity index (χ3n) is 3.75. The van der Waals surface area contributed by atoms with Crippen LogP contribution in [0.4, 0.5) is 0 Å². The van der Waals surface area contributed by atoms with Crippen molar-refractivity contribution in [1.29, 1.82) is 0 Å². The Balaban J connectivity index is 2.36. The standard InChI is InChI=1S/C13H17NO3S/c1-11-4-6-12(7-5-11)18(16,17)14(2)13(10-15)8-3-9-13/h4-7,10H,3,8-9H2,1-2H3. The van der Waals surface area contributed by atoms with E-state index in [0.717, 1.165) is 18.3 Å². The van der Waals surface area contributed by atoms with Gasteiger partial charge in [0.1, 0.15) is 6.29 Å². The van der Waals surface area contributed by atoms with Gasteiger partial charge in [0.05, 0.1) is 10.4 Å². The highest BCUT2D eigenvalue weighted by Crippen LogP contribution is 2.38. The quantitative estimate of drug-likeness (QED) is 0.781. The molecule has 1 aromatic rings. The summed E-state index contributed by atoms with van der Waals surface area (Å²) in [5.74, 6) is 0. The van der Waals surface area contributed by atoms with E-state index in [2.05, 4.69) is 0 Å². The number of aryl methyl sites for hydroxylation is 1. The number of likely N-dealkylation sites (N-methyl/N-ethyl adjacent to an activating group) is 1. The maximum Gasteiger partial charge on any atom is 0.243 e. The number of benzene rings is 1. The minimum absolute atomic E-state index is 0.240. The van der Waals surface area contributed by atoms with E-state index in [1.165, 1.54) is 11.4 Å². The van der Waals surface area contributed by atoms with Crippen LogP contribution >= 0.6 is 0 Å². The van der Waals surface area contributed by atoms with Crippen molar-refractivity contribution in [3.8, 4) is 0 Å². The van der Waals surface area contributed by atoms with Gasteiger partial charge < -0.3 is 4.79 Å². The Hall–Kier alpha value is -1.20. The molecule has 5 heteroatoms. The highest BCUT2D eigenvalue weighted by molar-refractivity contribution is 7.89. The Kier molecular flexibility index (Phi) is 3.29. The van der Waals surface area contributed by atoms with Crippen molar-refractivity contribution in [3.05, 3.63) is 29.8 Å². The molecule has 1 aliphatic rings. The topological polar surface area (TPSA) is 54.5 Å². The van der Waals surface area contributed by atoms with Crippen molar-refractivity contribution in [2.75, 3.05) is 7.05 Å². The molecule has 0 bridgehead atoms. The number of sulfonamides is 1. The minimum atomic E-state index is -3.58. The summed E-state index contributed by atoms with van der Waals surface area (Å²) >= 11 is 0. The second kappa shape index (κ2) is 4.48. The van der Waals surface area contributed by atoms with Crippen molar-refractivity contribution in [2.45, 2.75) is 36.6 Å². The van der Waals surface area contributed by atoms with E-state index >= 15 is 0 Å². The summed E-state index contributed by atoms with van der Waals surface area (Å²) in [5, 5.41) is 0. The van der Waals surface area contributed by atoms with Crippen LogP contribution in [-0.2, 0) is 14.8 Å². The molecular formula is C13H17NO3S. The molecule has 2 rings (SSSR count). The van der Waals surface area contributed by atoms with Crippen molar-refractivity contribution in [1.82, 2.24) is 4.31 Å². The van der Waals surface area contributed by atoms with Crippen molar-refractivity contribution in [3.63, 3.8) is 0 Å². The molecule has 1 aromatic carbocycles. The molecule has 0 aromatic heterocycles. The number of carbonyl (C=O) groups is 1. The average molecular weight is 267 g/mol. The highest BCUT2D eigenvalue weighted by Gasteiger charge is 2.46. The van der Waals surface area contributed by atoms with Gasteiger partial charge in [0.15, 0.2) is 0 Å². The zero-order valence-corrected chi connectivity index (χ0v) is 11.4. The van der Waals surface area contributed by atoms with E-state index in [1.807, 2.05) is 6.92 Å². The van der Waals surface area contributed by atoms with Crippen molar-refractivity contribution in [2.24, 2.45) is 0 Å². The second-order valence-corrected chi connectivity index (χ2v) is 6.83. The van der Waals surface area contributed by atoms with Gasteiger partial charge in [-0.25, -0.2) is 8.42 Å². The van der Waals surface area contributed by atoms with Crippen LogP contribution in [0.5, 0.6) is 0 Å². The maximum atomic E-state index is 12.4. The van der Waals surface area contributed by atoms with Gasteiger partial charge in [-0.1, -0.05) is 17.7 Å². The molecule has 0 amide bonds. The molecule has 0 aliphatic heterocycles. The average Bonchev–Trinajstić information content (AvgIpc) is 2.28. The zero-order chi connectivity index (χ0) is 13.4. The number of hydrogen-bond acceptors (Lipinski definition) is 3. The highest BCUT2D eigenvalue weighted by atomic mass is 32.2. The molecule has 0 unspecified atom stereocenters. The molecular weight excluding hydrogens is 250 g/mol. The Labute approximate surface area is 108 Å². The lowest BCUT2D eigenvalue weighted by molar-refractivity contribution is -0.119. The third-order valence-corrected chi connectivity index (χ3v) is 5.70. The van der Waals surface area contributed by atoms with Gasteiger partial charge in [-0.2, -0.15) is 4.31 Å². The van der Waals surface area contributed by atoms with Gasteiger partial charge in [0.25, 0.3) is 0 Å². The van der Waals surface area contributed by atoms with Gasteiger partial charge in [-0.3, -0.25) is 0 Å². The van der Waals surface area contributed by atoms with E-state index < -0.39 is 15.6 Å². The third kappa shape index (κ3) is 1.97. The van der Waals surface area contributed by atoms with Crippen LogP contribution < -0.4 is 0 Å². The minimum Gasteiger partial charge on any atom is -0.301 e. The molecule has 0 N–H and O–H groups in total. The first-order valence-electron chi connectivity index (χ1n) is 5.94. The van der Waals surface area contributed by atoms with Gasteiger partial charge in [-0.15, -0.1) is 0 Å². The fourth-order valence-electron chi connectivity index (χ4n) is 2.15. The molecule has 98 valence electrons. The molecule has 0 atom stereocenters. The number of aldehydes is 1. The van der Waals surface area contributed by atoms with Crippen molar-refractivity contribution >= 4 is 16.3 Å². The predicted molar refractivity (Wildman–Crippen MR) is 68.8 cm³/mol. The molecule has 1 aliphatic carbocycles. The maximum absolute atomic E-state index is 12.4. The lowest BCUT2D eigenvalue weighted by atomic mass is 9.78. The first-order chi connectivity index (χ1) is 8.42. The number of hydrogen-bond donors (Lipinski definition) is 0. The van der Waals surface area contributed by atoms with Crippen LogP contribution in [0.15, 0.2) is 29.2 Å². The molecule has 0 heterocycles. The van der Waals surface area contributed by atoms with Crippen LogP contribution in [-0.4, -0.2) is 31.6 Å². The lowest BCUT2D eigenvalue weighted by Gasteiger charge is -2.43. The first kappa shape index (κ1) is 13.2. The van der Waals surface area contributed by atoms with Crippen LogP contribution in [0, 0.1) is 6.92 Å². The van der Waals surface area contributed by atoms with Crippen LogP contribution in [0.3, 0.4) is 0 Å². The molecule has 0 spiro atoms. The molecule has 4 nitrogen and oxygen atoms in total. The summed E-state index contributed by atoms with van der Waals surface area (Å²) in [6, 6.07) is 6.68. The van der Waals surface area contributed by atoms with Crippen LogP contribution in [0.2, 0.25) is 0 Å². The zero-order valence-electron chi connectivity index (χ0n) is 10.6. The summed E-state index contributed by atoms with van der Waals surface area (Å²) in [5.41, 5.74) is 0.175. The Morgan fingerprint density at radius 1 is 1.22 bits per heavy atom. The monoisotopic (exact) mass is 267 g/mol. The number of rotatable bonds is 4. The summed E-state index contributed by atoms with van der Waals surface area (Å²) in [6.07, 6.45) is 2.88. The van der Waals surface area contributed by atoms with Gasteiger partial charge in [-0.05, 0) is 38.3 Å². The molecule has 0 saturated heterocycles. The largest absolute Gasteiger partial charge is 0.301 e. The lowest BCUT2D eigenvalue weighted by Crippen LogP contribution is -2.55. The Bertz CT molecular complexity index is 544. The van der Waals surface area contributed by atoms with E-state index in [9.17, 15) is 13.2 Å². The van der Waals surface area contributed by atoms with Gasteiger partial charge in [0, 0.05) is 7.05 Å².